The van der Waals surface area contributed by atoms with E-state index in [2.05, 4.69) is 171 Å². The van der Waals surface area contributed by atoms with Crippen LogP contribution in [-0.4, -0.2) is 14.1 Å². The number of nitrogens with zero attached hydrogens (tertiary/aromatic N) is 4. The average molecular weight is 625 g/mol. The molecule has 0 bridgehead atoms. The molecule has 0 amide bonds. The van der Waals surface area contributed by atoms with Crippen LogP contribution in [0.1, 0.15) is 0 Å². The fourth-order valence-electron chi connectivity index (χ4n) is 8.35. The minimum Gasteiger partial charge on any atom is -0.309 e. The molecule has 0 fully saturated rings. The van der Waals surface area contributed by atoms with Crippen LogP contribution >= 0.6 is 0 Å². The van der Waals surface area contributed by atoms with E-state index in [1.807, 2.05) is 18.5 Å². The summed E-state index contributed by atoms with van der Waals surface area (Å²) in [5.41, 5.74) is 12.9. The van der Waals surface area contributed by atoms with Crippen molar-refractivity contribution in [2.45, 2.75) is 0 Å². The summed E-state index contributed by atoms with van der Waals surface area (Å²) in [4.78, 5) is 7.00. The number of fused-ring (bicyclic) bond motifs is 9. The highest BCUT2D eigenvalue weighted by atomic mass is 15.2. The van der Waals surface area contributed by atoms with E-state index in [9.17, 15) is 0 Å². The van der Waals surface area contributed by atoms with E-state index >= 15 is 0 Å². The third-order valence-electron chi connectivity index (χ3n) is 10.3. The Hall–Kier alpha value is -6.65. The molecule has 0 atom stereocenters. The molecular formula is C45H28N4. The lowest BCUT2D eigenvalue weighted by atomic mass is 9.89. The van der Waals surface area contributed by atoms with Gasteiger partial charge in [-0.15, -0.1) is 0 Å². The third-order valence-corrected chi connectivity index (χ3v) is 10.3. The molecule has 0 radical (unpaired) electrons. The van der Waals surface area contributed by atoms with E-state index in [1.165, 1.54) is 76.9 Å². The van der Waals surface area contributed by atoms with Gasteiger partial charge in [-0.25, -0.2) is 0 Å². The first-order valence-corrected chi connectivity index (χ1v) is 16.7. The van der Waals surface area contributed by atoms with Crippen molar-refractivity contribution in [3.8, 4) is 22.5 Å². The molecule has 1 aliphatic heterocycles. The Morgan fingerprint density at radius 1 is 0.408 bits per heavy atom. The van der Waals surface area contributed by atoms with Crippen molar-refractivity contribution >= 4 is 71.4 Å². The highest BCUT2D eigenvalue weighted by molar-refractivity contribution is 6.24. The van der Waals surface area contributed by atoms with Gasteiger partial charge in [0.15, 0.2) is 0 Å². The summed E-state index contributed by atoms with van der Waals surface area (Å²) in [6, 6.07) is 57.3. The molecule has 0 aliphatic carbocycles. The topological polar surface area (TPSA) is 26.0 Å². The van der Waals surface area contributed by atoms with Gasteiger partial charge in [-0.3, -0.25) is 4.98 Å². The highest BCUT2D eigenvalue weighted by Crippen LogP contribution is 2.55. The zero-order chi connectivity index (χ0) is 32.1. The summed E-state index contributed by atoms with van der Waals surface area (Å²) < 4.78 is 4.83. The molecule has 4 nitrogen and oxygen atoms in total. The van der Waals surface area contributed by atoms with Crippen molar-refractivity contribution in [2.75, 3.05) is 4.90 Å². The maximum absolute atomic E-state index is 4.58. The maximum atomic E-state index is 4.58. The predicted molar refractivity (Wildman–Crippen MR) is 204 cm³/mol. The fourth-order valence-corrected chi connectivity index (χ4v) is 8.35. The molecule has 4 heterocycles. The molecule has 1 aliphatic rings. The van der Waals surface area contributed by atoms with Crippen molar-refractivity contribution in [1.29, 1.82) is 0 Å². The van der Waals surface area contributed by atoms with Gasteiger partial charge in [-0.2, -0.15) is 0 Å². The lowest BCUT2D eigenvalue weighted by Gasteiger charge is -2.34. The van der Waals surface area contributed by atoms with Crippen molar-refractivity contribution in [3.63, 3.8) is 0 Å². The number of para-hydroxylation sites is 3. The molecule has 0 unspecified atom stereocenters. The van der Waals surface area contributed by atoms with Crippen molar-refractivity contribution in [2.24, 2.45) is 0 Å². The molecule has 49 heavy (non-hydrogen) atoms. The van der Waals surface area contributed by atoms with Crippen molar-refractivity contribution in [3.05, 3.63) is 170 Å². The van der Waals surface area contributed by atoms with Crippen molar-refractivity contribution < 1.29 is 0 Å². The lowest BCUT2D eigenvalue weighted by Crippen LogP contribution is -2.15. The molecule has 0 spiro atoms. The zero-order valence-electron chi connectivity index (χ0n) is 26.5. The lowest BCUT2D eigenvalue weighted by molar-refractivity contribution is 1.13. The van der Waals surface area contributed by atoms with Crippen LogP contribution in [0.3, 0.4) is 0 Å². The molecular weight excluding hydrogens is 597 g/mol. The van der Waals surface area contributed by atoms with Gasteiger partial charge in [0.2, 0.25) is 0 Å². The highest BCUT2D eigenvalue weighted by Gasteiger charge is 2.30. The Morgan fingerprint density at radius 3 is 1.73 bits per heavy atom. The summed E-state index contributed by atoms with van der Waals surface area (Å²) in [5, 5.41) is 7.47. The number of pyridine rings is 1. The summed E-state index contributed by atoms with van der Waals surface area (Å²) in [6.07, 6.45) is 3.82. The van der Waals surface area contributed by atoms with Crippen LogP contribution in [0.5, 0.6) is 0 Å². The van der Waals surface area contributed by atoms with Gasteiger partial charge in [0.25, 0.3) is 0 Å². The van der Waals surface area contributed by atoms with Crippen LogP contribution in [0.15, 0.2) is 170 Å². The second-order valence-corrected chi connectivity index (χ2v) is 12.8. The summed E-state index contributed by atoms with van der Waals surface area (Å²) >= 11 is 0. The van der Waals surface area contributed by atoms with Gasteiger partial charge < -0.3 is 14.0 Å². The van der Waals surface area contributed by atoms with E-state index in [0.717, 1.165) is 17.1 Å². The third kappa shape index (κ3) is 3.60. The molecule has 0 saturated carbocycles. The van der Waals surface area contributed by atoms with Crippen LogP contribution in [0.4, 0.5) is 17.1 Å². The molecule has 0 N–H and O–H groups in total. The summed E-state index contributed by atoms with van der Waals surface area (Å²) in [7, 11) is 0. The van der Waals surface area contributed by atoms with Gasteiger partial charge in [0, 0.05) is 50.1 Å². The molecule has 4 heteroatoms. The number of anilines is 3. The Balaban J connectivity index is 1.23. The van der Waals surface area contributed by atoms with Crippen molar-refractivity contribution in [1.82, 2.24) is 14.1 Å². The second-order valence-electron chi connectivity index (χ2n) is 12.8. The first-order valence-electron chi connectivity index (χ1n) is 16.7. The van der Waals surface area contributed by atoms with Gasteiger partial charge in [0.05, 0.1) is 45.3 Å². The Bertz CT molecular complexity index is 2890. The van der Waals surface area contributed by atoms with Crippen LogP contribution in [0.25, 0.3) is 76.9 Å². The summed E-state index contributed by atoms with van der Waals surface area (Å²) in [5.74, 6) is 0. The molecule has 0 saturated heterocycles. The normalized spacial score (nSPS) is 12.4. The molecule has 11 rings (SSSR count). The average Bonchev–Trinajstić information content (AvgIpc) is 3.69. The largest absolute Gasteiger partial charge is 0.309 e. The van der Waals surface area contributed by atoms with Gasteiger partial charge in [0.1, 0.15) is 0 Å². The van der Waals surface area contributed by atoms with E-state index in [-0.39, 0.29) is 0 Å². The van der Waals surface area contributed by atoms with Crippen LogP contribution in [-0.2, 0) is 0 Å². The monoisotopic (exact) mass is 624 g/mol. The Morgan fingerprint density at radius 2 is 1.02 bits per heavy atom. The van der Waals surface area contributed by atoms with E-state index in [4.69, 9.17) is 0 Å². The first-order chi connectivity index (χ1) is 24.3. The maximum Gasteiger partial charge on any atom is 0.0645 e. The fraction of sp³-hybridized carbons (Fsp3) is 0. The molecule has 10 aromatic rings. The number of hydrogen-bond acceptors (Lipinski definition) is 2. The minimum absolute atomic E-state index is 1.04. The zero-order valence-corrected chi connectivity index (χ0v) is 26.5. The standard InChI is InChI=1S/C45H28N4/c1-4-20-38-33(16-1)34-17-2-5-21-39(34)47(38)30-13-9-14-31(27-30)48-40-22-6-3-18-37(40)44-42(48)25-24-36-35-19-7-11-29-12-8-23-41(43(29)35)49(45(36)44)32-15-10-26-46-28-32/h1-28H. The quantitative estimate of drug-likeness (QED) is 0.195. The minimum atomic E-state index is 1.04. The van der Waals surface area contributed by atoms with Gasteiger partial charge in [-0.05, 0) is 71.6 Å². The number of rotatable bonds is 3. The van der Waals surface area contributed by atoms with E-state index in [0.29, 0.717) is 0 Å². The number of benzene rings is 7. The van der Waals surface area contributed by atoms with Crippen LogP contribution < -0.4 is 4.90 Å². The molecule has 3 aromatic heterocycles. The Kier molecular flexibility index (Phi) is 5.35. The van der Waals surface area contributed by atoms with Crippen LogP contribution in [0, 0.1) is 0 Å². The molecule has 7 aromatic carbocycles. The second kappa shape index (κ2) is 9.93. The van der Waals surface area contributed by atoms with Gasteiger partial charge >= 0.3 is 0 Å². The van der Waals surface area contributed by atoms with E-state index < -0.39 is 0 Å². The Labute approximate surface area is 282 Å². The first kappa shape index (κ1) is 26.4. The predicted octanol–water partition coefficient (Wildman–Crippen LogP) is 11.9. The number of aromatic nitrogens is 3. The van der Waals surface area contributed by atoms with E-state index in [1.54, 1.807) is 0 Å². The molecule has 228 valence electrons. The summed E-state index contributed by atoms with van der Waals surface area (Å²) in [6.45, 7) is 0. The van der Waals surface area contributed by atoms with Crippen LogP contribution in [0.2, 0.25) is 0 Å². The SMILES string of the molecule is c1cncc(N2c3cccc4cccc(c34)-c3ccc4c(c32)c2ccccc2n4-c2cccc(-n3c4ccccc4c4ccccc43)c2)c1. The smallest absolute Gasteiger partial charge is 0.0645 e. The number of hydrogen-bond donors (Lipinski definition) is 0. The van der Waals surface area contributed by atoms with Gasteiger partial charge in [-0.1, -0.05) is 97.1 Å².